The smallest absolute Gasteiger partial charge is 0.0248 e. The largest absolute Gasteiger partial charge is 0.330 e. The molecule has 1 aromatic rings. The molecule has 20 heavy (non-hydrogen) atoms. The van der Waals surface area contributed by atoms with E-state index in [4.69, 9.17) is 5.73 Å². The van der Waals surface area contributed by atoms with Gasteiger partial charge in [0.25, 0.3) is 0 Å². The molecule has 0 unspecified atom stereocenters. The van der Waals surface area contributed by atoms with Gasteiger partial charge in [-0.15, -0.1) is 0 Å². The van der Waals surface area contributed by atoms with Crippen LogP contribution in [0.4, 0.5) is 0 Å². The maximum atomic E-state index is 5.50. The van der Waals surface area contributed by atoms with Crippen LogP contribution in [0.2, 0.25) is 0 Å². The molecule has 1 aliphatic carbocycles. The third-order valence-electron chi connectivity index (χ3n) is 4.59. The third-order valence-corrected chi connectivity index (χ3v) is 4.59. The Balaban J connectivity index is 2.35. The maximum absolute atomic E-state index is 5.50. The van der Waals surface area contributed by atoms with Gasteiger partial charge in [-0.25, -0.2) is 0 Å². The van der Waals surface area contributed by atoms with Crippen molar-refractivity contribution in [1.82, 2.24) is 0 Å². The number of rotatable bonds is 2. The van der Waals surface area contributed by atoms with Crippen LogP contribution in [-0.2, 0) is 10.8 Å². The van der Waals surface area contributed by atoms with Crippen molar-refractivity contribution < 1.29 is 0 Å². The molecule has 2 N–H and O–H groups in total. The van der Waals surface area contributed by atoms with Crippen molar-refractivity contribution in [3.05, 3.63) is 34.9 Å². The van der Waals surface area contributed by atoms with E-state index in [1.54, 1.807) is 0 Å². The Morgan fingerprint density at radius 2 is 1.70 bits per heavy atom. The van der Waals surface area contributed by atoms with Crippen LogP contribution in [0.1, 0.15) is 70.1 Å². The SMILES string of the molecule is CC1(C)CCC(C)(C)c2cc(C#CCCCN)ccc21. The minimum Gasteiger partial charge on any atom is -0.330 e. The zero-order valence-electron chi connectivity index (χ0n) is 13.3. The van der Waals surface area contributed by atoms with E-state index < -0.39 is 0 Å². The van der Waals surface area contributed by atoms with E-state index in [1.807, 2.05) is 0 Å². The summed E-state index contributed by atoms with van der Waals surface area (Å²) in [5, 5.41) is 0. The lowest BCUT2D eigenvalue weighted by Crippen LogP contribution is -2.33. The van der Waals surface area contributed by atoms with Crippen molar-refractivity contribution in [2.24, 2.45) is 5.73 Å². The van der Waals surface area contributed by atoms with Crippen molar-refractivity contribution in [1.29, 1.82) is 0 Å². The Bertz CT molecular complexity index is 541. The molecule has 0 heterocycles. The molecule has 0 amide bonds. The first-order chi connectivity index (χ1) is 9.37. The fraction of sp³-hybridized carbons (Fsp3) is 0.579. The topological polar surface area (TPSA) is 26.0 Å². The first-order valence-corrected chi connectivity index (χ1v) is 7.71. The highest BCUT2D eigenvalue weighted by Gasteiger charge is 2.36. The van der Waals surface area contributed by atoms with Crippen LogP contribution in [0.25, 0.3) is 0 Å². The summed E-state index contributed by atoms with van der Waals surface area (Å²) in [6.07, 6.45) is 4.38. The minimum absolute atomic E-state index is 0.264. The lowest BCUT2D eigenvalue weighted by atomic mass is 9.63. The molecule has 0 aliphatic heterocycles. The first kappa shape index (κ1) is 15.1. The molecule has 1 nitrogen and oxygen atoms in total. The molecule has 0 saturated carbocycles. The van der Waals surface area contributed by atoms with Crippen molar-refractivity contribution in [2.45, 2.75) is 64.2 Å². The normalized spacial score (nSPS) is 18.9. The third kappa shape index (κ3) is 3.07. The zero-order valence-corrected chi connectivity index (χ0v) is 13.3. The number of hydrogen-bond acceptors (Lipinski definition) is 1. The van der Waals surface area contributed by atoms with E-state index in [9.17, 15) is 0 Å². The molecular formula is C19H27N. The molecule has 1 heteroatoms. The predicted octanol–water partition coefficient (Wildman–Crippen LogP) is 4.13. The first-order valence-electron chi connectivity index (χ1n) is 7.71. The molecule has 0 spiro atoms. The van der Waals surface area contributed by atoms with Gasteiger partial charge in [0.1, 0.15) is 0 Å². The predicted molar refractivity (Wildman–Crippen MR) is 86.9 cm³/mol. The quantitative estimate of drug-likeness (QED) is 0.634. The monoisotopic (exact) mass is 269 g/mol. The number of hydrogen-bond donors (Lipinski definition) is 1. The molecule has 1 aromatic carbocycles. The lowest BCUT2D eigenvalue weighted by molar-refractivity contribution is 0.332. The summed E-state index contributed by atoms with van der Waals surface area (Å²) in [5.74, 6) is 6.52. The van der Waals surface area contributed by atoms with Gasteiger partial charge in [0, 0.05) is 12.0 Å². The molecule has 0 bridgehead atoms. The molecule has 0 aromatic heterocycles. The second-order valence-corrected chi connectivity index (χ2v) is 7.22. The van der Waals surface area contributed by atoms with E-state index in [1.165, 1.54) is 24.0 Å². The summed E-state index contributed by atoms with van der Waals surface area (Å²) >= 11 is 0. The number of benzene rings is 1. The molecule has 0 fully saturated rings. The Morgan fingerprint density at radius 3 is 2.35 bits per heavy atom. The molecule has 2 rings (SSSR count). The Labute approximate surface area is 124 Å². The number of unbranched alkanes of at least 4 members (excludes halogenated alkanes) is 1. The van der Waals surface area contributed by atoms with E-state index in [-0.39, 0.29) is 10.8 Å². The van der Waals surface area contributed by atoms with Gasteiger partial charge in [-0.2, -0.15) is 0 Å². The van der Waals surface area contributed by atoms with E-state index in [0.717, 1.165) is 24.9 Å². The van der Waals surface area contributed by atoms with Crippen LogP contribution in [0, 0.1) is 11.8 Å². The van der Waals surface area contributed by atoms with Crippen molar-refractivity contribution >= 4 is 0 Å². The fourth-order valence-electron chi connectivity index (χ4n) is 3.02. The van der Waals surface area contributed by atoms with Gasteiger partial charge in [-0.05, 0) is 59.9 Å². The van der Waals surface area contributed by atoms with Gasteiger partial charge in [0.2, 0.25) is 0 Å². The van der Waals surface area contributed by atoms with Gasteiger partial charge in [0.15, 0.2) is 0 Å². The highest BCUT2D eigenvalue weighted by Crippen LogP contribution is 2.45. The van der Waals surface area contributed by atoms with Crippen LogP contribution in [0.15, 0.2) is 18.2 Å². The Morgan fingerprint density at radius 1 is 1.05 bits per heavy atom. The van der Waals surface area contributed by atoms with Crippen LogP contribution in [0.3, 0.4) is 0 Å². The van der Waals surface area contributed by atoms with Crippen LogP contribution < -0.4 is 5.73 Å². The molecule has 1 aliphatic rings. The van der Waals surface area contributed by atoms with Gasteiger partial charge in [-0.3, -0.25) is 0 Å². The molecule has 0 atom stereocenters. The molecule has 0 saturated heterocycles. The van der Waals surface area contributed by atoms with Crippen molar-refractivity contribution in [2.75, 3.05) is 6.54 Å². The van der Waals surface area contributed by atoms with Crippen molar-refractivity contribution in [3.63, 3.8) is 0 Å². The van der Waals surface area contributed by atoms with Gasteiger partial charge in [0.05, 0.1) is 0 Å². The summed E-state index contributed by atoms with van der Waals surface area (Å²) in [7, 11) is 0. The van der Waals surface area contributed by atoms with E-state index in [2.05, 4.69) is 57.7 Å². The average Bonchev–Trinajstić information content (AvgIpc) is 2.40. The number of nitrogens with two attached hydrogens (primary N) is 1. The molecule has 108 valence electrons. The van der Waals surface area contributed by atoms with Gasteiger partial charge >= 0.3 is 0 Å². The lowest BCUT2D eigenvalue weighted by Gasteiger charge is -2.41. The minimum atomic E-state index is 0.264. The summed E-state index contributed by atoms with van der Waals surface area (Å²) in [6, 6.07) is 6.78. The standard InChI is InChI=1S/C19H27N/c1-18(2)11-12-19(3,4)17-14-15(9-10-16(17)18)8-6-5-7-13-20/h9-10,14H,5,7,11-13,20H2,1-4H3. The maximum Gasteiger partial charge on any atom is 0.0248 e. The second-order valence-electron chi connectivity index (χ2n) is 7.22. The Kier molecular flexibility index (Phi) is 4.25. The van der Waals surface area contributed by atoms with Crippen molar-refractivity contribution in [3.8, 4) is 11.8 Å². The summed E-state index contributed by atoms with van der Waals surface area (Å²) in [6.45, 7) is 10.1. The van der Waals surface area contributed by atoms with Crippen LogP contribution in [-0.4, -0.2) is 6.54 Å². The van der Waals surface area contributed by atoms with Gasteiger partial charge in [-0.1, -0.05) is 45.6 Å². The number of fused-ring (bicyclic) bond motifs is 1. The second kappa shape index (κ2) is 5.62. The summed E-state index contributed by atoms with van der Waals surface area (Å²) < 4.78 is 0. The summed E-state index contributed by atoms with van der Waals surface area (Å²) in [4.78, 5) is 0. The zero-order chi connectivity index (χ0) is 14.8. The summed E-state index contributed by atoms with van der Waals surface area (Å²) in [5.41, 5.74) is 10.2. The van der Waals surface area contributed by atoms with Gasteiger partial charge < -0.3 is 5.73 Å². The van der Waals surface area contributed by atoms with E-state index in [0.29, 0.717) is 0 Å². The fourth-order valence-corrected chi connectivity index (χ4v) is 3.02. The molecular weight excluding hydrogens is 242 g/mol. The van der Waals surface area contributed by atoms with Crippen LogP contribution >= 0.6 is 0 Å². The molecule has 0 radical (unpaired) electrons. The van der Waals surface area contributed by atoms with E-state index >= 15 is 0 Å². The highest BCUT2D eigenvalue weighted by molar-refractivity contribution is 5.48. The highest BCUT2D eigenvalue weighted by atomic mass is 14.5. The average molecular weight is 269 g/mol. The Hall–Kier alpha value is -1.26. The van der Waals surface area contributed by atoms with Crippen LogP contribution in [0.5, 0.6) is 0 Å².